The van der Waals surface area contributed by atoms with Crippen LogP contribution < -0.4 is 15.2 Å². The topological polar surface area (TPSA) is 61.5 Å². The average Bonchev–Trinajstić information content (AvgIpc) is 2.70. The van der Waals surface area contributed by atoms with Gasteiger partial charge in [0.1, 0.15) is 23.0 Å². The largest absolute Gasteiger partial charge is 0.492 e. The Morgan fingerprint density at radius 3 is 2.86 bits per heavy atom. The van der Waals surface area contributed by atoms with Crippen molar-refractivity contribution in [3.05, 3.63) is 48.0 Å². The Labute approximate surface area is 132 Å². The molecule has 1 atom stereocenters. The van der Waals surface area contributed by atoms with Gasteiger partial charge in [0, 0.05) is 5.56 Å². The maximum Gasteiger partial charge on any atom is 0.140 e. The van der Waals surface area contributed by atoms with Gasteiger partial charge in [-0.2, -0.15) is 0 Å². The lowest BCUT2D eigenvalue weighted by atomic mass is 10.2. The Hall–Kier alpha value is -1.85. The molecular formula is C17H19NO3S. The fraction of sp³-hybridized carbons (Fsp3) is 0.294. The Bertz CT molecular complexity index is 687. The van der Waals surface area contributed by atoms with Crippen LogP contribution in [0.25, 0.3) is 0 Å². The summed E-state index contributed by atoms with van der Waals surface area (Å²) < 4.78 is 24.6. The van der Waals surface area contributed by atoms with Crippen molar-refractivity contribution in [2.24, 2.45) is 5.73 Å². The van der Waals surface area contributed by atoms with Crippen molar-refractivity contribution in [3.63, 3.8) is 0 Å². The third-order valence-electron chi connectivity index (χ3n) is 3.54. The van der Waals surface area contributed by atoms with Gasteiger partial charge in [-0.05, 0) is 37.6 Å². The van der Waals surface area contributed by atoms with Crippen molar-refractivity contribution < 1.29 is 13.7 Å². The lowest BCUT2D eigenvalue weighted by Crippen LogP contribution is -2.05. The number of hydrogen-bond acceptors (Lipinski definition) is 4. The van der Waals surface area contributed by atoms with Crippen molar-refractivity contribution in [3.8, 4) is 11.5 Å². The van der Waals surface area contributed by atoms with Gasteiger partial charge in [-0.3, -0.25) is 0 Å². The first-order chi connectivity index (χ1) is 10.8. The van der Waals surface area contributed by atoms with Crippen LogP contribution in [-0.2, 0) is 17.4 Å². The van der Waals surface area contributed by atoms with Crippen LogP contribution in [0.4, 0.5) is 0 Å². The molecule has 1 heterocycles. The summed E-state index contributed by atoms with van der Waals surface area (Å²) in [6.07, 6.45) is 1.79. The van der Waals surface area contributed by atoms with E-state index in [4.69, 9.17) is 15.2 Å². The molecule has 0 bridgehead atoms. The second-order valence-electron chi connectivity index (χ2n) is 5.09. The number of ether oxygens (including phenoxy) is 2. The standard InChI is InChI=1S/C17H19NO3S/c18-10-3-4-11-20-14-7-5-8-15-17(14)22(19)16-9-2-1-6-13(16)12-21-15/h1-2,5-9H,3-4,10-12,18H2. The molecule has 0 aromatic heterocycles. The third kappa shape index (κ3) is 3.00. The molecule has 2 N–H and O–H groups in total. The summed E-state index contributed by atoms with van der Waals surface area (Å²) in [4.78, 5) is 1.42. The Morgan fingerprint density at radius 1 is 1.14 bits per heavy atom. The molecule has 22 heavy (non-hydrogen) atoms. The summed E-state index contributed by atoms with van der Waals surface area (Å²) in [5.74, 6) is 1.26. The van der Waals surface area contributed by atoms with Gasteiger partial charge in [0.05, 0.1) is 22.3 Å². The number of unbranched alkanes of at least 4 members (excludes halogenated alkanes) is 1. The van der Waals surface area contributed by atoms with Crippen LogP contribution in [0, 0.1) is 0 Å². The molecule has 2 aromatic rings. The van der Waals surface area contributed by atoms with E-state index in [1.807, 2.05) is 42.5 Å². The molecule has 5 heteroatoms. The van der Waals surface area contributed by atoms with Gasteiger partial charge in [-0.1, -0.05) is 24.3 Å². The molecule has 0 radical (unpaired) electrons. The number of fused-ring (bicyclic) bond motifs is 2. The molecule has 0 spiro atoms. The van der Waals surface area contributed by atoms with Crippen LogP contribution in [0.2, 0.25) is 0 Å². The zero-order chi connectivity index (χ0) is 15.4. The molecule has 1 aliphatic heterocycles. The summed E-state index contributed by atoms with van der Waals surface area (Å²) in [6, 6.07) is 13.2. The van der Waals surface area contributed by atoms with E-state index in [1.165, 1.54) is 0 Å². The maximum absolute atomic E-state index is 13.0. The number of nitrogens with two attached hydrogens (primary N) is 1. The van der Waals surface area contributed by atoms with E-state index in [0.29, 0.717) is 36.2 Å². The highest BCUT2D eigenvalue weighted by atomic mass is 32.2. The predicted octanol–water partition coefficient (Wildman–Crippen LogP) is 2.86. The highest BCUT2D eigenvalue weighted by Crippen LogP contribution is 2.38. The Kier molecular flexibility index (Phi) is 4.75. The SMILES string of the molecule is NCCCCOc1cccc2c1S(=O)c1ccccc1CO2. The lowest BCUT2D eigenvalue weighted by molar-refractivity contribution is 0.278. The molecule has 0 saturated heterocycles. The monoisotopic (exact) mass is 317 g/mol. The zero-order valence-corrected chi connectivity index (χ0v) is 13.1. The zero-order valence-electron chi connectivity index (χ0n) is 12.3. The predicted molar refractivity (Wildman–Crippen MR) is 85.7 cm³/mol. The van der Waals surface area contributed by atoms with Gasteiger partial charge >= 0.3 is 0 Å². The summed E-state index contributed by atoms with van der Waals surface area (Å²) in [5.41, 5.74) is 6.44. The maximum atomic E-state index is 13.0. The van der Waals surface area contributed by atoms with Crippen molar-refractivity contribution in [2.75, 3.05) is 13.2 Å². The highest BCUT2D eigenvalue weighted by Gasteiger charge is 2.24. The van der Waals surface area contributed by atoms with Crippen molar-refractivity contribution >= 4 is 10.8 Å². The van der Waals surface area contributed by atoms with Crippen LogP contribution in [0.5, 0.6) is 11.5 Å². The van der Waals surface area contributed by atoms with E-state index in [1.54, 1.807) is 0 Å². The first-order valence-electron chi connectivity index (χ1n) is 7.39. The molecule has 2 aromatic carbocycles. The molecule has 0 fully saturated rings. The fourth-order valence-electron chi connectivity index (χ4n) is 2.40. The van der Waals surface area contributed by atoms with Gasteiger partial charge in [0.15, 0.2) is 0 Å². The molecule has 1 unspecified atom stereocenters. The van der Waals surface area contributed by atoms with Gasteiger partial charge in [0.2, 0.25) is 0 Å². The van der Waals surface area contributed by atoms with Crippen LogP contribution in [0.15, 0.2) is 52.3 Å². The average molecular weight is 317 g/mol. The molecule has 0 aliphatic carbocycles. The van der Waals surface area contributed by atoms with E-state index < -0.39 is 10.8 Å². The van der Waals surface area contributed by atoms with E-state index in [0.717, 1.165) is 23.3 Å². The van der Waals surface area contributed by atoms with E-state index in [-0.39, 0.29) is 0 Å². The second kappa shape index (κ2) is 6.94. The smallest absolute Gasteiger partial charge is 0.140 e. The van der Waals surface area contributed by atoms with Crippen molar-refractivity contribution in [1.29, 1.82) is 0 Å². The van der Waals surface area contributed by atoms with Crippen molar-refractivity contribution in [2.45, 2.75) is 29.2 Å². The first-order valence-corrected chi connectivity index (χ1v) is 8.54. The summed E-state index contributed by atoms with van der Waals surface area (Å²) in [5, 5.41) is 0. The minimum Gasteiger partial charge on any atom is -0.492 e. The van der Waals surface area contributed by atoms with Gasteiger partial charge in [-0.25, -0.2) is 4.21 Å². The molecule has 0 saturated carbocycles. The number of rotatable bonds is 5. The number of hydrogen-bond donors (Lipinski definition) is 1. The molecular weight excluding hydrogens is 298 g/mol. The Morgan fingerprint density at radius 2 is 2.00 bits per heavy atom. The first kappa shape index (κ1) is 15.1. The van der Waals surface area contributed by atoms with Gasteiger partial charge < -0.3 is 15.2 Å². The van der Waals surface area contributed by atoms with Gasteiger partial charge in [-0.15, -0.1) is 0 Å². The fourth-order valence-corrected chi connectivity index (χ4v) is 3.81. The van der Waals surface area contributed by atoms with Crippen LogP contribution >= 0.6 is 0 Å². The van der Waals surface area contributed by atoms with Crippen LogP contribution in [0.3, 0.4) is 0 Å². The second-order valence-corrected chi connectivity index (χ2v) is 6.48. The number of benzene rings is 2. The summed E-state index contributed by atoms with van der Waals surface area (Å²) in [6.45, 7) is 1.64. The lowest BCUT2D eigenvalue weighted by Gasteiger charge is -2.13. The molecule has 1 aliphatic rings. The minimum absolute atomic E-state index is 0.422. The van der Waals surface area contributed by atoms with E-state index >= 15 is 0 Å². The quantitative estimate of drug-likeness (QED) is 0.861. The van der Waals surface area contributed by atoms with Gasteiger partial charge in [0.25, 0.3) is 0 Å². The molecule has 116 valence electrons. The van der Waals surface area contributed by atoms with Crippen LogP contribution in [-0.4, -0.2) is 17.4 Å². The molecule has 0 amide bonds. The van der Waals surface area contributed by atoms with E-state index in [2.05, 4.69) is 0 Å². The molecule has 4 nitrogen and oxygen atoms in total. The Balaban J connectivity index is 1.93. The minimum atomic E-state index is -1.30. The summed E-state index contributed by atoms with van der Waals surface area (Å²) >= 11 is 0. The van der Waals surface area contributed by atoms with E-state index in [9.17, 15) is 4.21 Å². The highest BCUT2D eigenvalue weighted by molar-refractivity contribution is 7.85. The van der Waals surface area contributed by atoms with Crippen molar-refractivity contribution in [1.82, 2.24) is 0 Å². The normalized spacial score (nSPS) is 16.1. The molecule has 3 rings (SSSR count). The van der Waals surface area contributed by atoms with Crippen LogP contribution in [0.1, 0.15) is 18.4 Å². The third-order valence-corrected chi connectivity index (χ3v) is 5.11. The summed E-state index contributed by atoms with van der Waals surface area (Å²) in [7, 11) is -1.30.